The molecule has 0 unspecified atom stereocenters. The monoisotopic (exact) mass is 330 g/mol. The zero-order chi connectivity index (χ0) is 16.4. The van der Waals surface area contributed by atoms with Crippen molar-refractivity contribution in [2.24, 2.45) is 5.73 Å². The number of benzene rings is 2. The molecule has 0 aliphatic rings. The molecule has 6 nitrogen and oxygen atoms in total. The fourth-order valence-corrected chi connectivity index (χ4v) is 2.58. The lowest BCUT2D eigenvalue weighted by Gasteiger charge is -2.23. The van der Waals surface area contributed by atoms with E-state index in [1.165, 1.54) is 0 Å². The Morgan fingerprint density at radius 1 is 1.09 bits per heavy atom. The standard InChI is InChI=1S/C16H15ClN4O2/c17-11-3-1-10(2-4-11)8-21(9-15(18)22)12-5-6-13-14(7-12)20-16(23)19-13/h1-7H,8-9H2,(H2,18,22)(H2,19,20,23). The summed E-state index contributed by atoms with van der Waals surface area (Å²) in [6, 6.07) is 12.8. The van der Waals surface area contributed by atoms with Crippen molar-refractivity contribution >= 4 is 34.2 Å². The Morgan fingerprint density at radius 2 is 1.78 bits per heavy atom. The highest BCUT2D eigenvalue weighted by atomic mass is 35.5. The van der Waals surface area contributed by atoms with E-state index >= 15 is 0 Å². The smallest absolute Gasteiger partial charge is 0.323 e. The van der Waals surface area contributed by atoms with Crippen LogP contribution in [-0.4, -0.2) is 22.4 Å². The Bertz CT molecular complexity index is 898. The van der Waals surface area contributed by atoms with E-state index in [-0.39, 0.29) is 12.2 Å². The molecule has 0 atom stereocenters. The molecule has 23 heavy (non-hydrogen) atoms. The number of aromatic amines is 2. The maximum Gasteiger partial charge on any atom is 0.323 e. The van der Waals surface area contributed by atoms with Gasteiger partial charge in [-0.15, -0.1) is 0 Å². The zero-order valence-corrected chi connectivity index (χ0v) is 12.9. The highest BCUT2D eigenvalue weighted by molar-refractivity contribution is 6.30. The van der Waals surface area contributed by atoms with E-state index in [9.17, 15) is 9.59 Å². The average molecular weight is 331 g/mol. The van der Waals surface area contributed by atoms with E-state index in [0.717, 1.165) is 11.3 Å². The number of hydrogen-bond acceptors (Lipinski definition) is 3. The third kappa shape index (κ3) is 3.54. The Labute approximate surface area is 136 Å². The minimum atomic E-state index is -0.429. The van der Waals surface area contributed by atoms with Crippen LogP contribution in [0.3, 0.4) is 0 Å². The van der Waals surface area contributed by atoms with Gasteiger partial charge in [-0.25, -0.2) is 4.79 Å². The number of anilines is 1. The lowest BCUT2D eigenvalue weighted by atomic mass is 10.2. The van der Waals surface area contributed by atoms with Gasteiger partial charge in [0, 0.05) is 17.3 Å². The number of primary amides is 1. The number of carbonyl (C=O) groups is 1. The molecule has 0 spiro atoms. The van der Waals surface area contributed by atoms with E-state index in [0.29, 0.717) is 22.6 Å². The zero-order valence-electron chi connectivity index (χ0n) is 12.2. The Hall–Kier alpha value is -2.73. The van der Waals surface area contributed by atoms with Gasteiger partial charge in [0.1, 0.15) is 0 Å². The Kier molecular flexibility index (Phi) is 4.08. The third-order valence-electron chi connectivity index (χ3n) is 3.50. The molecule has 0 bridgehead atoms. The number of nitrogens with zero attached hydrogens (tertiary/aromatic N) is 1. The summed E-state index contributed by atoms with van der Waals surface area (Å²) in [5.74, 6) is -0.429. The highest BCUT2D eigenvalue weighted by Crippen LogP contribution is 2.21. The van der Waals surface area contributed by atoms with Gasteiger partial charge in [-0.1, -0.05) is 23.7 Å². The molecule has 0 fully saturated rings. The molecule has 1 amide bonds. The minimum absolute atomic E-state index is 0.0722. The molecule has 3 aromatic rings. The maximum atomic E-state index is 11.4. The number of nitrogens with one attached hydrogen (secondary N) is 2. The van der Waals surface area contributed by atoms with Gasteiger partial charge in [0.05, 0.1) is 17.6 Å². The molecule has 1 aromatic heterocycles. The second-order valence-electron chi connectivity index (χ2n) is 5.26. The van der Waals surface area contributed by atoms with Crippen LogP contribution in [0.25, 0.3) is 11.0 Å². The summed E-state index contributed by atoms with van der Waals surface area (Å²) in [5, 5.41) is 0.654. The van der Waals surface area contributed by atoms with Crippen molar-refractivity contribution in [2.45, 2.75) is 6.54 Å². The van der Waals surface area contributed by atoms with Gasteiger partial charge in [-0.05, 0) is 35.9 Å². The number of carbonyl (C=O) groups excluding carboxylic acids is 1. The molecule has 1 heterocycles. The van der Waals surface area contributed by atoms with Crippen molar-refractivity contribution in [1.29, 1.82) is 0 Å². The first-order valence-electron chi connectivity index (χ1n) is 7.01. The summed E-state index contributed by atoms with van der Waals surface area (Å²) in [7, 11) is 0. The quantitative estimate of drug-likeness (QED) is 0.667. The predicted molar refractivity (Wildman–Crippen MR) is 90.6 cm³/mol. The summed E-state index contributed by atoms with van der Waals surface area (Å²) in [6.07, 6.45) is 0. The van der Waals surface area contributed by atoms with E-state index in [2.05, 4.69) is 9.97 Å². The van der Waals surface area contributed by atoms with Crippen LogP contribution in [0.15, 0.2) is 47.3 Å². The van der Waals surface area contributed by atoms with Crippen molar-refractivity contribution in [3.8, 4) is 0 Å². The predicted octanol–water partition coefficient (Wildman–Crippen LogP) is 2.00. The van der Waals surface area contributed by atoms with Crippen LogP contribution in [0, 0.1) is 0 Å². The average Bonchev–Trinajstić information content (AvgIpc) is 2.87. The second-order valence-corrected chi connectivity index (χ2v) is 5.69. The summed E-state index contributed by atoms with van der Waals surface area (Å²) >= 11 is 5.89. The SMILES string of the molecule is NC(=O)CN(Cc1ccc(Cl)cc1)c1ccc2[nH]c(=O)[nH]c2c1. The van der Waals surface area contributed by atoms with Crippen molar-refractivity contribution in [3.05, 3.63) is 63.5 Å². The normalized spacial score (nSPS) is 10.8. The lowest BCUT2D eigenvalue weighted by molar-refractivity contribution is -0.116. The Morgan fingerprint density at radius 3 is 2.48 bits per heavy atom. The number of rotatable bonds is 5. The minimum Gasteiger partial charge on any atom is -0.368 e. The highest BCUT2D eigenvalue weighted by Gasteiger charge is 2.12. The van der Waals surface area contributed by atoms with Crippen LogP contribution in [0.2, 0.25) is 5.02 Å². The molecule has 7 heteroatoms. The summed E-state index contributed by atoms with van der Waals surface area (Å²) < 4.78 is 0. The number of aromatic nitrogens is 2. The number of amides is 1. The van der Waals surface area contributed by atoms with Crippen LogP contribution in [-0.2, 0) is 11.3 Å². The van der Waals surface area contributed by atoms with Crippen LogP contribution >= 0.6 is 11.6 Å². The van der Waals surface area contributed by atoms with Crippen molar-refractivity contribution in [1.82, 2.24) is 9.97 Å². The van der Waals surface area contributed by atoms with Gasteiger partial charge >= 0.3 is 5.69 Å². The van der Waals surface area contributed by atoms with Crippen LogP contribution in [0.5, 0.6) is 0 Å². The largest absolute Gasteiger partial charge is 0.368 e. The molecule has 3 rings (SSSR count). The molecule has 0 saturated heterocycles. The number of fused-ring (bicyclic) bond motifs is 1. The molecule has 0 radical (unpaired) electrons. The first kappa shape index (κ1) is 15.2. The molecule has 0 aliphatic carbocycles. The molecule has 0 saturated carbocycles. The first-order valence-corrected chi connectivity index (χ1v) is 7.39. The van der Waals surface area contributed by atoms with Gasteiger partial charge in [0.15, 0.2) is 0 Å². The van der Waals surface area contributed by atoms with Crippen LogP contribution in [0.1, 0.15) is 5.56 Å². The Balaban J connectivity index is 1.94. The number of imidazole rings is 1. The number of hydrogen-bond donors (Lipinski definition) is 3. The number of halogens is 1. The van der Waals surface area contributed by atoms with Gasteiger partial charge in [-0.2, -0.15) is 0 Å². The summed E-state index contributed by atoms with van der Waals surface area (Å²) in [4.78, 5) is 30.0. The van der Waals surface area contributed by atoms with Crippen LogP contribution in [0.4, 0.5) is 5.69 Å². The van der Waals surface area contributed by atoms with E-state index < -0.39 is 5.91 Å². The summed E-state index contributed by atoms with van der Waals surface area (Å²) in [5.41, 5.74) is 8.27. The molecular formula is C16H15ClN4O2. The second kappa shape index (κ2) is 6.18. The van der Waals surface area contributed by atoms with Crippen molar-refractivity contribution < 1.29 is 4.79 Å². The van der Waals surface area contributed by atoms with Gasteiger partial charge < -0.3 is 20.6 Å². The lowest BCUT2D eigenvalue weighted by Crippen LogP contribution is -2.33. The third-order valence-corrected chi connectivity index (χ3v) is 3.75. The van der Waals surface area contributed by atoms with Gasteiger partial charge in [-0.3, -0.25) is 4.79 Å². The van der Waals surface area contributed by atoms with E-state index in [4.69, 9.17) is 17.3 Å². The topological polar surface area (TPSA) is 95.0 Å². The molecular weight excluding hydrogens is 316 g/mol. The fraction of sp³-hybridized carbons (Fsp3) is 0.125. The van der Waals surface area contributed by atoms with Gasteiger partial charge in [0.2, 0.25) is 5.91 Å². The fourth-order valence-electron chi connectivity index (χ4n) is 2.45. The maximum absolute atomic E-state index is 11.4. The molecule has 118 valence electrons. The number of nitrogens with two attached hydrogens (primary N) is 1. The first-order chi connectivity index (χ1) is 11.0. The van der Waals surface area contributed by atoms with Crippen molar-refractivity contribution in [2.75, 3.05) is 11.4 Å². The number of H-pyrrole nitrogens is 2. The van der Waals surface area contributed by atoms with E-state index in [1.54, 1.807) is 18.2 Å². The molecule has 0 aliphatic heterocycles. The molecule has 4 N–H and O–H groups in total. The van der Waals surface area contributed by atoms with E-state index in [1.807, 2.05) is 29.2 Å². The molecule has 2 aromatic carbocycles. The summed E-state index contributed by atoms with van der Waals surface area (Å²) in [6.45, 7) is 0.572. The van der Waals surface area contributed by atoms with Crippen LogP contribution < -0.4 is 16.3 Å². The van der Waals surface area contributed by atoms with Gasteiger partial charge in [0.25, 0.3) is 0 Å². The van der Waals surface area contributed by atoms with Crippen molar-refractivity contribution in [3.63, 3.8) is 0 Å².